The molecular weight excluding hydrogens is 360 g/mol. The van der Waals surface area contributed by atoms with Crippen molar-refractivity contribution < 1.29 is 0 Å². The Morgan fingerprint density at radius 2 is 1.64 bits per heavy atom. The van der Waals surface area contributed by atoms with E-state index in [0.717, 1.165) is 0 Å². The third kappa shape index (κ3) is 2.73. The quantitative estimate of drug-likeness (QED) is 0.442. The van der Waals surface area contributed by atoms with Gasteiger partial charge in [-0.2, -0.15) is 0 Å². The van der Waals surface area contributed by atoms with Gasteiger partial charge in [-0.3, -0.25) is 4.98 Å². The summed E-state index contributed by atoms with van der Waals surface area (Å²) in [5.41, 5.74) is 8.40. The lowest BCUT2D eigenvalue weighted by atomic mass is 9.85. The zero-order valence-corrected chi connectivity index (χ0v) is 16.5. The third-order valence-electron chi connectivity index (χ3n) is 6.30. The molecule has 138 valence electrons. The molecule has 2 saturated heterocycles. The highest BCUT2D eigenvalue weighted by molar-refractivity contribution is 7.99. The maximum Gasteiger partial charge on any atom is 0.0346 e. The van der Waals surface area contributed by atoms with Crippen LogP contribution in [-0.2, 0) is 0 Å². The summed E-state index contributed by atoms with van der Waals surface area (Å²) < 4.78 is 0. The van der Waals surface area contributed by atoms with E-state index < -0.39 is 0 Å². The van der Waals surface area contributed by atoms with E-state index in [2.05, 4.69) is 58.8 Å². The van der Waals surface area contributed by atoms with Gasteiger partial charge in [-0.25, -0.2) is 0 Å². The van der Waals surface area contributed by atoms with Crippen molar-refractivity contribution in [1.29, 1.82) is 0 Å². The first-order chi connectivity index (χ1) is 13.8. The first-order valence-electron chi connectivity index (χ1n) is 10.2. The second-order valence-electron chi connectivity index (χ2n) is 8.08. The first-order valence-corrected chi connectivity index (χ1v) is 11.0. The fraction of sp³-hybridized carbons (Fsp3) is 0.240. The van der Waals surface area contributed by atoms with Crippen LogP contribution in [0, 0.1) is 0 Å². The van der Waals surface area contributed by atoms with Crippen molar-refractivity contribution in [2.45, 2.75) is 47.6 Å². The molecule has 0 amide bonds. The Balaban J connectivity index is 1.53. The highest BCUT2D eigenvalue weighted by Crippen LogP contribution is 2.49. The summed E-state index contributed by atoms with van der Waals surface area (Å²) >= 11 is 1.91. The molecule has 2 aromatic carbocycles. The number of benzene rings is 2. The van der Waals surface area contributed by atoms with Crippen LogP contribution >= 0.6 is 11.8 Å². The molecule has 1 N–H and O–H groups in total. The van der Waals surface area contributed by atoms with Crippen molar-refractivity contribution in [1.82, 2.24) is 10.3 Å². The Kier molecular flexibility index (Phi) is 3.91. The van der Waals surface area contributed by atoms with Crippen molar-refractivity contribution in [2.24, 2.45) is 0 Å². The minimum absolute atomic E-state index is 0.668. The number of fused-ring (bicyclic) bond motifs is 4. The molecule has 2 fully saturated rings. The molecule has 3 aliphatic heterocycles. The zero-order valence-electron chi connectivity index (χ0n) is 15.7. The van der Waals surface area contributed by atoms with Gasteiger partial charge in [-0.05, 0) is 66.1 Å². The largest absolute Gasteiger partial charge is 0.311 e. The molecule has 3 aliphatic rings. The van der Waals surface area contributed by atoms with Gasteiger partial charge in [0.05, 0.1) is 0 Å². The summed E-state index contributed by atoms with van der Waals surface area (Å²) in [6.07, 6.45) is 8.81. The standard InChI is InChI=1S/C25H22N2S/c1-2-6-23-21(5-1)25(18-12-19-8-9-20(13-18)27-19)22-10-7-16(14-24(22)28-23)17-4-3-11-26-15-17/h1-7,10-11,14-15,19-20,27H,8-9,12-13H2. The van der Waals surface area contributed by atoms with Crippen LogP contribution in [0.2, 0.25) is 0 Å². The summed E-state index contributed by atoms with van der Waals surface area (Å²) in [5, 5.41) is 3.79. The predicted octanol–water partition coefficient (Wildman–Crippen LogP) is 5.93. The lowest BCUT2D eigenvalue weighted by Gasteiger charge is -2.30. The molecule has 2 atom stereocenters. The summed E-state index contributed by atoms with van der Waals surface area (Å²) in [6.45, 7) is 0. The van der Waals surface area contributed by atoms with Gasteiger partial charge in [0.15, 0.2) is 0 Å². The molecule has 1 aromatic heterocycles. The minimum atomic E-state index is 0.668. The van der Waals surface area contributed by atoms with Crippen LogP contribution < -0.4 is 5.32 Å². The third-order valence-corrected chi connectivity index (χ3v) is 7.43. The van der Waals surface area contributed by atoms with Crippen LogP contribution in [0.25, 0.3) is 16.7 Å². The average molecular weight is 383 g/mol. The van der Waals surface area contributed by atoms with Crippen molar-refractivity contribution >= 4 is 17.3 Å². The fourth-order valence-corrected chi connectivity index (χ4v) is 6.17. The number of hydrogen-bond acceptors (Lipinski definition) is 3. The second kappa shape index (κ2) is 6.61. The number of nitrogens with one attached hydrogen (secondary N) is 1. The van der Waals surface area contributed by atoms with Gasteiger partial charge in [0.2, 0.25) is 0 Å². The van der Waals surface area contributed by atoms with E-state index in [1.54, 1.807) is 5.57 Å². The summed E-state index contributed by atoms with van der Waals surface area (Å²) in [6, 6.07) is 21.4. The number of rotatable bonds is 1. The SMILES string of the molecule is c1cncc(-c2ccc3c(c2)Sc2ccccc2C3=C2CC3CCC(C2)N3)c1. The predicted molar refractivity (Wildman–Crippen MR) is 115 cm³/mol. The van der Waals surface area contributed by atoms with Gasteiger partial charge in [-0.1, -0.05) is 53.7 Å². The van der Waals surface area contributed by atoms with E-state index in [0.29, 0.717) is 12.1 Å². The Morgan fingerprint density at radius 3 is 2.46 bits per heavy atom. The number of nitrogens with zero attached hydrogens (tertiary/aromatic N) is 1. The molecular formula is C25H22N2S. The van der Waals surface area contributed by atoms with Crippen LogP contribution in [0.3, 0.4) is 0 Å². The molecule has 0 aliphatic carbocycles. The molecule has 2 bridgehead atoms. The topological polar surface area (TPSA) is 24.9 Å². The Hall–Kier alpha value is -2.36. The molecule has 2 nitrogen and oxygen atoms in total. The van der Waals surface area contributed by atoms with Crippen LogP contribution in [0.1, 0.15) is 36.8 Å². The Morgan fingerprint density at radius 1 is 0.821 bits per heavy atom. The van der Waals surface area contributed by atoms with E-state index in [1.807, 2.05) is 30.2 Å². The minimum Gasteiger partial charge on any atom is -0.311 e. The van der Waals surface area contributed by atoms with E-state index in [9.17, 15) is 0 Å². The first kappa shape index (κ1) is 16.6. The monoisotopic (exact) mass is 382 g/mol. The van der Waals surface area contributed by atoms with Crippen LogP contribution in [0.15, 0.2) is 82.4 Å². The number of piperidine rings is 1. The van der Waals surface area contributed by atoms with Crippen LogP contribution in [-0.4, -0.2) is 17.1 Å². The van der Waals surface area contributed by atoms with Gasteiger partial charge < -0.3 is 5.32 Å². The summed E-state index contributed by atoms with van der Waals surface area (Å²) in [5.74, 6) is 0. The van der Waals surface area contributed by atoms with Gasteiger partial charge in [0, 0.05) is 39.8 Å². The van der Waals surface area contributed by atoms with E-state index in [4.69, 9.17) is 0 Å². The fourth-order valence-electron chi connectivity index (χ4n) is 5.04. The maximum atomic E-state index is 4.30. The summed E-state index contributed by atoms with van der Waals surface area (Å²) in [7, 11) is 0. The lowest BCUT2D eigenvalue weighted by molar-refractivity contribution is 0.475. The van der Waals surface area contributed by atoms with Crippen LogP contribution in [0.5, 0.6) is 0 Å². The van der Waals surface area contributed by atoms with Crippen molar-refractivity contribution in [2.75, 3.05) is 0 Å². The molecule has 0 radical (unpaired) electrons. The molecule has 3 heteroatoms. The molecule has 0 spiro atoms. The van der Waals surface area contributed by atoms with E-state index >= 15 is 0 Å². The van der Waals surface area contributed by atoms with Gasteiger partial charge in [0.25, 0.3) is 0 Å². The smallest absolute Gasteiger partial charge is 0.0346 e. The average Bonchev–Trinajstić information content (AvgIpc) is 3.09. The number of aromatic nitrogens is 1. The molecule has 0 saturated carbocycles. The Labute approximate surface area is 170 Å². The lowest BCUT2D eigenvalue weighted by Crippen LogP contribution is -2.35. The highest BCUT2D eigenvalue weighted by atomic mass is 32.2. The van der Waals surface area contributed by atoms with Crippen molar-refractivity contribution in [3.63, 3.8) is 0 Å². The molecule has 6 rings (SSSR count). The van der Waals surface area contributed by atoms with Gasteiger partial charge in [0.1, 0.15) is 0 Å². The van der Waals surface area contributed by atoms with Crippen LogP contribution in [0.4, 0.5) is 0 Å². The molecule has 28 heavy (non-hydrogen) atoms. The zero-order chi connectivity index (χ0) is 18.5. The van der Waals surface area contributed by atoms with E-state index in [-0.39, 0.29) is 0 Å². The van der Waals surface area contributed by atoms with Crippen molar-refractivity contribution in [3.05, 3.63) is 83.7 Å². The van der Waals surface area contributed by atoms with E-state index in [1.165, 1.54) is 63.3 Å². The van der Waals surface area contributed by atoms with Gasteiger partial charge >= 0.3 is 0 Å². The molecule has 3 aromatic rings. The Bertz CT molecular complexity index is 1070. The number of hydrogen-bond donors (Lipinski definition) is 1. The maximum absolute atomic E-state index is 4.30. The van der Waals surface area contributed by atoms with Crippen molar-refractivity contribution in [3.8, 4) is 11.1 Å². The number of pyridine rings is 1. The molecule has 2 unspecified atom stereocenters. The second-order valence-corrected chi connectivity index (χ2v) is 9.16. The van der Waals surface area contributed by atoms with Gasteiger partial charge in [-0.15, -0.1) is 0 Å². The summed E-state index contributed by atoms with van der Waals surface area (Å²) in [4.78, 5) is 7.05. The highest BCUT2D eigenvalue weighted by Gasteiger charge is 2.33. The normalized spacial score (nSPS) is 22.7. The molecule has 4 heterocycles.